The van der Waals surface area contributed by atoms with Crippen molar-refractivity contribution in [1.29, 1.82) is 0 Å². The van der Waals surface area contributed by atoms with Gasteiger partial charge in [0.25, 0.3) is 0 Å². The Bertz CT molecular complexity index is 727. The Hall–Kier alpha value is -1.44. The van der Waals surface area contributed by atoms with Crippen molar-refractivity contribution in [2.75, 3.05) is 44.4 Å². The molecule has 25 heavy (non-hydrogen) atoms. The number of hydrogen-bond acceptors (Lipinski definition) is 4. The Balaban J connectivity index is 1.57. The molecule has 1 amide bonds. The van der Waals surface area contributed by atoms with Gasteiger partial charge in [0, 0.05) is 38.4 Å². The van der Waals surface area contributed by atoms with E-state index in [0.717, 1.165) is 51.0 Å². The number of piperidine rings is 1. The van der Waals surface area contributed by atoms with E-state index >= 15 is 0 Å². The van der Waals surface area contributed by atoms with Crippen molar-refractivity contribution in [3.8, 4) is 0 Å². The number of anilines is 1. The second-order valence-electron chi connectivity index (χ2n) is 7.06. The van der Waals surface area contributed by atoms with E-state index < -0.39 is 10.0 Å². The van der Waals surface area contributed by atoms with Crippen LogP contribution >= 0.6 is 0 Å². The molecule has 0 aliphatic carbocycles. The average molecular weight is 365 g/mol. The number of benzene rings is 1. The molecule has 3 rings (SSSR count). The largest absolute Gasteiger partial charge is 0.311 e. The monoisotopic (exact) mass is 365 g/mol. The van der Waals surface area contributed by atoms with Crippen LogP contribution in [0.4, 0.5) is 5.69 Å². The molecule has 0 unspecified atom stereocenters. The standard InChI is InChI=1S/C18H27N3O3S/c1-19(25(2,23)24)16-9-12-20(13-10-16)14-18(22)21-11-5-7-15-6-3-4-8-17(15)21/h3-4,6,8,16H,5,7,9-14H2,1-2H3. The highest BCUT2D eigenvalue weighted by molar-refractivity contribution is 7.88. The number of aryl methyl sites for hydroxylation is 1. The third-order valence-electron chi connectivity index (χ3n) is 5.36. The summed E-state index contributed by atoms with van der Waals surface area (Å²) in [5.41, 5.74) is 2.29. The summed E-state index contributed by atoms with van der Waals surface area (Å²) in [7, 11) is -1.51. The summed E-state index contributed by atoms with van der Waals surface area (Å²) in [4.78, 5) is 16.8. The van der Waals surface area contributed by atoms with Crippen molar-refractivity contribution < 1.29 is 13.2 Å². The summed E-state index contributed by atoms with van der Waals surface area (Å²) < 4.78 is 24.8. The summed E-state index contributed by atoms with van der Waals surface area (Å²) in [5.74, 6) is 0.141. The molecule has 0 saturated carbocycles. The zero-order valence-electron chi connectivity index (χ0n) is 15.0. The van der Waals surface area contributed by atoms with Gasteiger partial charge in [-0.15, -0.1) is 0 Å². The smallest absolute Gasteiger partial charge is 0.241 e. The normalized spacial score (nSPS) is 19.9. The quantitative estimate of drug-likeness (QED) is 0.807. The lowest BCUT2D eigenvalue weighted by Crippen LogP contribution is -2.49. The summed E-state index contributed by atoms with van der Waals surface area (Å²) in [6, 6.07) is 8.17. The highest BCUT2D eigenvalue weighted by Crippen LogP contribution is 2.27. The first-order valence-corrected chi connectivity index (χ1v) is 10.7. The minimum absolute atomic E-state index is 0.0389. The number of hydrogen-bond donors (Lipinski definition) is 0. The summed E-state index contributed by atoms with van der Waals surface area (Å²) in [5, 5.41) is 0. The zero-order valence-corrected chi connectivity index (χ0v) is 15.8. The number of amides is 1. The number of fused-ring (bicyclic) bond motifs is 1. The average Bonchev–Trinajstić information content (AvgIpc) is 2.60. The SMILES string of the molecule is CN(C1CCN(CC(=O)N2CCCc3ccccc32)CC1)S(C)(=O)=O. The predicted molar refractivity (Wildman–Crippen MR) is 99.2 cm³/mol. The number of carbonyl (C=O) groups is 1. The van der Waals surface area contributed by atoms with Crippen LogP contribution in [0.2, 0.25) is 0 Å². The summed E-state index contributed by atoms with van der Waals surface area (Å²) in [6.07, 6.45) is 4.82. The number of likely N-dealkylation sites (tertiary alicyclic amines) is 1. The molecule has 2 aliphatic heterocycles. The number of carbonyl (C=O) groups excluding carboxylic acids is 1. The first-order chi connectivity index (χ1) is 11.9. The van der Waals surface area contributed by atoms with Gasteiger partial charge in [-0.25, -0.2) is 12.7 Å². The fourth-order valence-corrected chi connectivity index (χ4v) is 4.53. The minimum atomic E-state index is -3.15. The van der Waals surface area contributed by atoms with Gasteiger partial charge in [-0.1, -0.05) is 18.2 Å². The summed E-state index contributed by atoms with van der Waals surface area (Å²) in [6.45, 7) is 2.70. The van der Waals surface area contributed by atoms with Gasteiger partial charge in [0.1, 0.15) is 0 Å². The number of para-hydroxylation sites is 1. The van der Waals surface area contributed by atoms with E-state index in [1.807, 2.05) is 23.1 Å². The van der Waals surface area contributed by atoms with Crippen LogP contribution in [-0.2, 0) is 21.2 Å². The van der Waals surface area contributed by atoms with Crippen molar-refractivity contribution in [1.82, 2.24) is 9.21 Å². The van der Waals surface area contributed by atoms with E-state index in [0.29, 0.717) is 6.54 Å². The molecule has 138 valence electrons. The number of rotatable bonds is 4. The van der Waals surface area contributed by atoms with Crippen LogP contribution in [0.5, 0.6) is 0 Å². The van der Waals surface area contributed by atoms with Crippen LogP contribution in [-0.4, -0.2) is 69.1 Å². The molecule has 0 aromatic heterocycles. The topological polar surface area (TPSA) is 60.9 Å². The molecule has 1 aromatic carbocycles. The van der Waals surface area contributed by atoms with Crippen molar-refractivity contribution in [2.24, 2.45) is 0 Å². The Morgan fingerprint density at radius 1 is 1.20 bits per heavy atom. The molecule has 0 radical (unpaired) electrons. The van der Waals surface area contributed by atoms with E-state index in [4.69, 9.17) is 0 Å². The van der Waals surface area contributed by atoms with E-state index in [2.05, 4.69) is 11.0 Å². The third-order valence-corrected chi connectivity index (χ3v) is 6.71. The van der Waals surface area contributed by atoms with Gasteiger partial charge < -0.3 is 4.90 Å². The first-order valence-electron chi connectivity index (χ1n) is 8.90. The minimum Gasteiger partial charge on any atom is -0.311 e. The lowest BCUT2D eigenvalue weighted by Gasteiger charge is -2.37. The molecule has 0 spiro atoms. The molecule has 2 heterocycles. The van der Waals surface area contributed by atoms with Crippen molar-refractivity contribution >= 4 is 21.6 Å². The van der Waals surface area contributed by atoms with Crippen LogP contribution < -0.4 is 4.90 Å². The molecular formula is C18H27N3O3S. The zero-order chi connectivity index (χ0) is 18.0. The summed E-state index contributed by atoms with van der Waals surface area (Å²) >= 11 is 0. The van der Waals surface area contributed by atoms with Gasteiger partial charge in [-0.3, -0.25) is 9.69 Å². The second kappa shape index (κ2) is 7.43. The van der Waals surface area contributed by atoms with Gasteiger partial charge in [-0.2, -0.15) is 0 Å². The second-order valence-corrected chi connectivity index (χ2v) is 9.11. The first kappa shape index (κ1) is 18.4. The lowest BCUT2D eigenvalue weighted by molar-refractivity contribution is -0.120. The van der Waals surface area contributed by atoms with E-state index in [1.165, 1.54) is 16.1 Å². The van der Waals surface area contributed by atoms with Gasteiger partial charge in [0.2, 0.25) is 15.9 Å². The van der Waals surface area contributed by atoms with Crippen LogP contribution in [0, 0.1) is 0 Å². The molecule has 0 atom stereocenters. The van der Waals surface area contributed by atoms with Gasteiger partial charge in [0.05, 0.1) is 12.8 Å². The van der Waals surface area contributed by atoms with Gasteiger partial charge in [-0.05, 0) is 37.3 Å². The van der Waals surface area contributed by atoms with E-state index in [9.17, 15) is 13.2 Å². The highest BCUT2D eigenvalue weighted by Gasteiger charge is 2.29. The molecule has 2 aliphatic rings. The van der Waals surface area contributed by atoms with Crippen molar-refractivity contribution in [3.05, 3.63) is 29.8 Å². The Morgan fingerprint density at radius 2 is 1.88 bits per heavy atom. The Labute approximate surface area is 150 Å². The van der Waals surface area contributed by atoms with E-state index in [-0.39, 0.29) is 11.9 Å². The van der Waals surface area contributed by atoms with Crippen molar-refractivity contribution in [2.45, 2.75) is 31.7 Å². The number of nitrogens with zero attached hydrogens (tertiary/aromatic N) is 3. The Morgan fingerprint density at radius 3 is 2.56 bits per heavy atom. The third kappa shape index (κ3) is 4.22. The lowest BCUT2D eigenvalue weighted by atomic mass is 10.0. The predicted octanol–water partition coefficient (Wildman–Crippen LogP) is 1.32. The van der Waals surface area contributed by atoms with Gasteiger partial charge in [0.15, 0.2) is 0 Å². The highest BCUT2D eigenvalue weighted by atomic mass is 32.2. The fraction of sp³-hybridized carbons (Fsp3) is 0.611. The maximum absolute atomic E-state index is 12.8. The van der Waals surface area contributed by atoms with Crippen molar-refractivity contribution in [3.63, 3.8) is 0 Å². The van der Waals surface area contributed by atoms with Crippen LogP contribution in [0.25, 0.3) is 0 Å². The molecule has 1 aromatic rings. The van der Waals surface area contributed by atoms with Gasteiger partial charge >= 0.3 is 0 Å². The molecule has 0 N–H and O–H groups in total. The molecule has 6 nitrogen and oxygen atoms in total. The van der Waals surface area contributed by atoms with E-state index in [1.54, 1.807) is 7.05 Å². The molecule has 0 bridgehead atoms. The molecule has 1 saturated heterocycles. The maximum atomic E-state index is 12.8. The Kier molecular flexibility index (Phi) is 5.46. The molecule has 7 heteroatoms. The number of sulfonamides is 1. The van der Waals surface area contributed by atoms with Crippen LogP contribution in [0.1, 0.15) is 24.8 Å². The van der Waals surface area contributed by atoms with Crippen LogP contribution in [0.3, 0.4) is 0 Å². The van der Waals surface area contributed by atoms with Crippen LogP contribution in [0.15, 0.2) is 24.3 Å². The molecular weight excluding hydrogens is 338 g/mol. The maximum Gasteiger partial charge on any atom is 0.241 e. The fourth-order valence-electron chi connectivity index (χ4n) is 3.78. The molecule has 1 fully saturated rings.